The van der Waals surface area contributed by atoms with E-state index < -0.39 is 0 Å². The van der Waals surface area contributed by atoms with Crippen LogP contribution >= 0.6 is 11.3 Å². The smallest absolute Gasteiger partial charge is 0.229 e. The van der Waals surface area contributed by atoms with Crippen molar-refractivity contribution in [1.29, 1.82) is 0 Å². The molecule has 33 heavy (non-hydrogen) atoms. The number of carbonyl (C=O) groups excluding carboxylic acids is 1. The number of amides is 1. The van der Waals surface area contributed by atoms with Crippen LogP contribution in [0.3, 0.4) is 0 Å². The quantitative estimate of drug-likeness (QED) is 0.632. The van der Waals surface area contributed by atoms with Crippen molar-refractivity contribution in [2.24, 2.45) is 23.7 Å². The van der Waals surface area contributed by atoms with Crippen LogP contribution in [-0.2, 0) is 10.2 Å². The van der Waals surface area contributed by atoms with Gasteiger partial charge in [-0.25, -0.2) is 0 Å². The van der Waals surface area contributed by atoms with Gasteiger partial charge < -0.3 is 10.2 Å². The first-order valence-corrected chi connectivity index (χ1v) is 13.0. The van der Waals surface area contributed by atoms with Gasteiger partial charge in [0.2, 0.25) is 11.0 Å². The maximum Gasteiger partial charge on any atom is 0.229 e. The Kier molecular flexibility index (Phi) is 4.47. The van der Waals surface area contributed by atoms with Crippen molar-refractivity contribution in [3.8, 4) is 0 Å². The van der Waals surface area contributed by atoms with Crippen LogP contribution in [0.4, 0.5) is 10.9 Å². The lowest BCUT2D eigenvalue weighted by Gasteiger charge is -2.55. The molecule has 3 aromatic heterocycles. The van der Waals surface area contributed by atoms with Gasteiger partial charge in [-0.1, -0.05) is 11.3 Å². The molecule has 4 saturated carbocycles. The van der Waals surface area contributed by atoms with Crippen molar-refractivity contribution < 1.29 is 4.79 Å². The van der Waals surface area contributed by atoms with E-state index in [2.05, 4.69) is 35.7 Å². The predicted octanol–water partition coefficient (Wildman–Crippen LogP) is 3.30. The van der Waals surface area contributed by atoms with Crippen molar-refractivity contribution in [3.05, 3.63) is 23.5 Å². The number of fused-ring (bicyclic) bond motifs is 1. The Morgan fingerprint density at radius 1 is 1.00 bits per heavy atom. The molecule has 4 aliphatic carbocycles. The van der Waals surface area contributed by atoms with Crippen LogP contribution in [0.15, 0.2) is 18.5 Å². The normalized spacial score (nSPS) is 31.4. The number of nitrogens with one attached hydrogen (secondary N) is 1. The van der Waals surface area contributed by atoms with Crippen LogP contribution in [0.2, 0.25) is 0 Å². The van der Waals surface area contributed by atoms with E-state index in [1.54, 1.807) is 22.2 Å². The van der Waals surface area contributed by atoms with Crippen LogP contribution in [0, 0.1) is 23.7 Å². The van der Waals surface area contributed by atoms with Gasteiger partial charge in [-0.15, -0.1) is 25.5 Å². The summed E-state index contributed by atoms with van der Waals surface area (Å²) in [4.78, 5) is 15.2. The number of anilines is 2. The Morgan fingerprint density at radius 2 is 1.73 bits per heavy atom. The molecule has 0 radical (unpaired) electrons. The first-order chi connectivity index (χ1) is 16.1. The fourth-order valence-electron chi connectivity index (χ4n) is 7.33. The topological polar surface area (TPSA) is 101 Å². The Labute approximate surface area is 196 Å². The Morgan fingerprint density at radius 3 is 2.45 bits per heavy atom. The van der Waals surface area contributed by atoms with Gasteiger partial charge in [0.25, 0.3) is 0 Å². The van der Waals surface area contributed by atoms with E-state index in [1.807, 2.05) is 12.1 Å². The highest BCUT2D eigenvalue weighted by Gasteiger charge is 2.53. The van der Waals surface area contributed by atoms with Gasteiger partial charge in [-0.3, -0.25) is 4.79 Å². The summed E-state index contributed by atoms with van der Waals surface area (Å²) >= 11 is 1.62. The second kappa shape index (κ2) is 7.44. The second-order valence-corrected chi connectivity index (χ2v) is 11.7. The lowest BCUT2D eigenvalue weighted by atomic mass is 9.50. The first-order valence-electron chi connectivity index (χ1n) is 12.2. The zero-order chi connectivity index (χ0) is 22.0. The van der Waals surface area contributed by atoms with Gasteiger partial charge >= 0.3 is 0 Å². The van der Waals surface area contributed by atoms with E-state index in [0.29, 0.717) is 5.13 Å². The molecular weight excluding hydrogens is 436 g/mol. The molecule has 172 valence electrons. The second-order valence-electron chi connectivity index (χ2n) is 10.7. The minimum atomic E-state index is -0.00760. The van der Waals surface area contributed by atoms with Crippen LogP contribution in [0.5, 0.6) is 0 Å². The highest BCUT2D eigenvalue weighted by atomic mass is 32.1. The molecule has 3 aromatic rings. The van der Waals surface area contributed by atoms with E-state index in [0.717, 1.165) is 55.1 Å². The van der Waals surface area contributed by atoms with Crippen molar-refractivity contribution >= 4 is 33.8 Å². The number of hydrogen-bond donors (Lipinski definition) is 1. The van der Waals surface area contributed by atoms with Crippen molar-refractivity contribution in [3.63, 3.8) is 0 Å². The zero-order valence-corrected chi connectivity index (χ0v) is 19.4. The minimum Gasteiger partial charge on any atom is -0.355 e. The summed E-state index contributed by atoms with van der Waals surface area (Å²) in [5.74, 6) is 3.60. The van der Waals surface area contributed by atoms with Crippen LogP contribution in [0.1, 0.15) is 56.4 Å². The third-order valence-corrected chi connectivity index (χ3v) is 9.57. The van der Waals surface area contributed by atoms with E-state index in [-0.39, 0.29) is 17.2 Å². The van der Waals surface area contributed by atoms with Gasteiger partial charge in [-0.2, -0.15) is 4.52 Å². The number of rotatable bonds is 4. The Balaban J connectivity index is 0.991. The molecule has 4 bridgehead atoms. The highest BCUT2D eigenvalue weighted by Crippen LogP contribution is 2.61. The first kappa shape index (κ1) is 19.8. The number of carbonyl (C=O) groups is 1. The summed E-state index contributed by atoms with van der Waals surface area (Å²) in [5.41, 5.74) is 0.970. The minimum absolute atomic E-state index is 0.00760. The molecule has 10 heteroatoms. The molecule has 8 rings (SSSR count). The van der Waals surface area contributed by atoms with Crippen LogP contribution < -0.4 is 10.2 Å². The molecule has 9 nitrogen and oxygen atoms in total. The maximum absolute atomic E-state index is 13.0. The molecule has 0 aromatic carbocycles. The largest absolute Gasteiger partial charge is 0.355 e. The molecule has 0 spiro atoms. The van der Waals surface area contributed by atoms with Crippen molar-refractivity contribution in [1.82, 2.24) is 30.0 Å². The van der Waals surface area contributed by atoms with Crippen LogP contribution in [0.25, 0.3) is 5.65 Å². The molecule has 1 aliphatic heterocycles. The molecule has 0 atom stereocenters. The SMILES string of the molecule is O=C(Nc1nnc(C23CC4CC(CC(C4)C2)C3)s1)C1CCN(c2ccc3nncn3n2)CC1. The maximum atomic E-state index is 13.0. The van der Waals surface area contributed by atoms with E-state index in [1.165, 1.54) is 43.5 Å². The lowest BCUT2D eigenvalue weighted by Crippen LogP contribution is -2.48. The van der Waals surface area contributed by atoms with Gasteiger partial charge in [-0.05, 0) is 81.3 Å². The highest BCUT2D eigenvalue weighted by molar-refractivity contribution is 7.15. The summed E-state index contributed by atoms with van der Waals surface area (Å²) in [6.07, 6.45) is 11.3. The molecule has 1 amide bonds. The number of aromatic nitrogens is 6. The van der Waals surface area contributed by atoms with Crippen molar-refractivity contribution in [2.45, 2.75) is 56.8 Å². The third-order valence-electron chi connectivity index (χ3n) is 8.48. The van der Waals surface area contributed by atoms with E-state index in [4.69, 9.17) is 0 Å². The molecule has 5 fully saturated rings. The van der Waals surface area contributed by atoms with E-state index >= 15 is 0 Å². The number of nitrogens with zero attached hydrogens (tertiary/aromatic N) is 7. The molecule has 1 saturated heterocycles. The summed E-state index contributed by atoms with van der Waals surface area (Å²) < 4.78 is 1.69. The lowest BCUT2D eigenvalue weighted by molar-refractivity contribution is -0.120. The van der Waals surface area contributed by atoms with Gasteiger partial charge in [0, 0.05) is 24.4 Å². The average molecular weight is 465 g/mol. The number of hydrogen-bond acceptors (Lipinski definition) is 8. The number of piperidine rings is 1. The Hall–Kier alpha value is -2.62. The molecule has 5 aliphatic rings. The van der Waals surface area contributed by atoms with Gasteiger partial charge in [0.05, 0.1) is 0 Å². The summed E-state index contributed by atoms with van der Waals surface area (Å²) in [5, 5.41) is 26.4. The molecule has 0 unspecified atom stereocenters. The summed E-state index contributed by atoms with van der Waals surface area (Å²) in [7, 11) is 0. The summed E-state index contributed by atoms with van der Waals surface area (Å²) in [6, 6.07) is 3.89. The van der Waals surface area contributed by atoms with Crippen LogP contribution in [-0.4, -0.2) is 49.0 Å². The molecule has 4 heterocycles. The van der Waals surface area contributed by atoms with Gasteiger partial charge in [0.1, 0.15) is 17.2 Å². The monoisotopic (exact) mass is 464 g/mol. The fourth-order valence-corrected chi connectivity index (χ4v) is 8.29. The summed E-state index contributed by atoms with van der Waals surface area (Å²) in [6.45, 7) is 1.60. The molecular formula is C23H28N8OS. The Bertz CT molecular complexity index is 1160. The third kappa shape index (κ3) is 3.41. The standard InChI is InChI=1S/C23H28N8OS/c32-20(17-3-5-30(6-4-17)19-2-1-18-26-24-13-31(18)29-19)25-22-28-27-21(33-22)23-10-14-7-15(11-23)9-16(8-14)12-23/h1-2,13-17H,3-12H2,(H,25,28,32). The molecule has 1 N–H and O–H groups in total. The predicted molar refractivity (Wildman–Crippen MR) is 124 cm³/mol. The van der Waals surface area contributed by atoms with E-state index in [9.17, 15) is 4.79 Å². The van der Waals surface area contributed by atoms with Gasteiger partial charge in [0.15, 0.2) is 5.65 Å². The zero-order valence-electron chi connectivity index (χ0n) is 18.6. The van der Waals surface area contributed by atoms with Crippen molar-refractivity contribution in [2.75, 3.05) is 23.3 Å². The fraction of sp³-hybridized carbons (Fsp3) is 0.652. The average Bonchev–Trinajstić information content (AvgIpc) is 3.48.